The van der Waals surface area contributed by atoms with Gasteiger partial charge >= 0.3 is 12.0 Å². The van der Waals surface area contributed by atoms with Crippen molar-refractivity contribution in [3.63, 3.8) is 0 Å². The molecule has 2 rings (SSSR count). The summed E-state index contributed by atoms with van der Waals surface area (Å²) in [6, 6.07) is -0.237. The molecule has 2 bridgehead atoms. The third-order valence-corrected chi connectivity index (χ3v) is 4.36. The number of hydrogen-bond donors (Lipinski definition) is 3. The fourth-order valence-electron chi connectivity index (χ4n) is 2.64. The minimum atomic E-state index is -0.914. The number of nitrogens with one attached hydrogen (secondary N) is 2. The first-order valence-electron chi connectivity index (χ1n) is 6.88. The van der Waals surface area contributed by atoms with Crippen LogP contribution in [-0.2, 0) is 9.53 Å². The number of aliphatic carboxylic acids is 1. The fraction of sp³-hybridized carbons (Fsp3) is 0.846. The van der Waals surface area contributed by atoms with Gasteiger partial charge in [0.15, 0.2) is 0 Å². The van der Waals surface area contributed by atoms with Crippen molar-refractivity contribution < 1.29 is 19.4 Å². The second-order valence-corrected chi connectivity index (χ2v) is 5.76. The Balaban J connectivity index is 1.77. The largest absolute Gasteiger partial charge is 0.481 e. The lowest BCUT2D eigenvalue weighted by molar-refractivity contribution is -0.147. The number of amides is 2. The van der Waals surface area contributed by atoms with Gasteiger partial charge in [-0.3, -0.25) is 4.79 Å². The van der Waals surface area contributed by atoms with Crippen LogP contribution in [0.1, 0.15) is 39.5 Å². The number of carbonyl (C=O) groups excluding carboxylic acids is 1. The minimum absolute atomic E-state index is 0.0662. The van der Waals surface area contributed by atoms with Crippen LogP contribution in [0, 0.1) is 5.41 Å². The molecule has 19 heavy (non-hydrogen) atoms. The highest BCUT2D eigenvalue weighted by atomic mass is 16.5. The first kappa shape index (κ1) is 14.1. The molecule has 6 heteroatoms. The van der Waals surface area contributed by atoms with Gasteiger partial charge in [0.05, 0.1) is 23.7 Å². The SMILES string of the molecule is CCC(C)(CNC(=O)NC1CC2CCC1O2)C(=O)O. The van der Waals surface area contributed by atoms with Gasteiger partial charge in [0.25, 0.3) is 0 Å². The van der Waals surface area contributed by atoms with Crippen molar-refractivity contribution in [2.75, 3.05) is 6.54 Å². The van der Waals surface area contributed by atoms with E-state index in [0.29, 0.717) is 6.42 Å². The number of carbonyl (C=O) groups is 2. The van der Waals surface area contributed by atoms with Crippen molar-refractivity contribution in [3.8, 4) is 0 Å². The van der Waals surface area contributed by atoms with E-state index in [1.807, 2.05) is 0 Å². The van der Waals surface area contributed by atoms with Crippen LogP contribution < -0.4 is 10.6 Å². The Labute approximate surface area is 112 Å². The molecule has 2 fully saturated rings. The molecule has 2 aliphatic rings. The van der Waals surface area contributed by atoms with Crippen molar-refractivity contribution in [2.45, 2.75) is 57.8 Å². The molecule has 0 aromatic carbocycles. The topological polar surface area (TPSA) is 87.7 Å². The first-order chi connectivity index (χ1) is 8.94. The first-order valence-corrected chi connectivity index (χ1v) is 6.88. The highest BCUT2D eigenvalue weighted by Gasteiger charge is 2.41. The molecule has 4 unspecified atom stereocenters. The van der Waals surface area contributed by atoms with Crippen LogP contribution in [0.25, 0.3) is 0 Å². The molecule has 0 aromatic heterocycles. The Morgan fingerprint density at radius 1 is 1.42 bits per heavy atom. The predicted octanol–water partition coefficient (Wildman–Crippen LogP) is 1.11. The number of carboxylic acid groups (broad SMARTS) is 1. The van der Waals surface area contributed by atoms with Crippen LogP contribution in [0.15, 0.2) is 0 Å². The van der Waals surface area contributed by atoms with E-state index in [-0.39, 0.29) is 30.8 Å². The molecule has 4 atom stereocenters. The highest BCUT2D eigenvalue weighted by molar-refractivity contribution is 5.78. The third kappa shape index (κ3) is 3.00. The van der Waals surface area contributed by atoms with Crippen molar-refractivity contribution >= 4 is 12.0 Å². The highest BCUT2D eigenvalue weighted by Crippen LogP contribution is 2.34. The van der Waals surface area contributed by atoms with Gasteiger partial charge in [-0.1, -0.05) is 6.92 Å². The maximum atomic E-state index is 11.8. The second-order valence-electron chi connectivity index (χ2n) is 5.76. The molecule has 0 aromatic rings. The van der Waals surface area contributed by atoms with Crippen molar-refractivity contribution in [3.05, 3.63) is 0 Å². The Morgan fingerprint density at radius 2 is 2.16 bits per heavy atom. The van der Waals surface area contributed by atoms with Gasteiger partial charge in [-0.05, 0) is 32.6 Å². The van der Waals surface area contributed by atoms with Crippen molar-refractivity contribution in [1.82, 2.24) is 10.6 Å². The smallest absolute Gasteiger partial charge is 0.315 e. The number of fused-ring (bicyclic) bond motifs is 2. The normalized spacial score (nSPS) is 31.8. The molecule has 6 nitrogen and oxygen atoms in total. The lowest BCUT2D eigenvalue weighted by atomic mass is 9.88. The van der Waals surface area contributed by atoms with Gasteiger partial charge in [-0.25, -0.2) is 4.79 Å². The van der Waals surface area contributed by atoms with Crippen molar-refractivity contribution in [1.29, 1.82) is 0 Å². The van der Waals surface area contributed by atoms with Crippen LogP contribution >= 0.6 is 0 Å². The second kappa shape index (κ2) is 5.36. The molecular formula is C13H22N2O4. The molecule has 2 amide bonds. The quantitative estimate of drug-likeness (QED) is 0.698. The number of rotatable bonds is 5. The minimum Gasteiger partial charge on any atom is -0.481 e. The van der Waals surface area contributed by atoms with E-state index in [1.165, 1.54) is 0 Å². The monoisotopic (exact) mass is 270 g/mol. The van der Waals surface area contributed by atoms with Gasteiger partial charge in [0.1, 0.15) is 0 Å². The zero-order chi connectivity index (χ0) is 14.0. The summed E-state index contributed by atoms with van der Waals surface area (Å²) >= 11 is 0. The van der Waals surface area contributed by atoms with E-state index in [2.05, 4.69) is 10.6 Å². The summed E-state index contributed by atoms with van der Waals surface area (Å²) in [6.07, 6.45) is 3.83. The average Bonchev–Trinajstić information content (AvgIpc) is 2.97. The summed E-state index contributed by atoms with van der Waals surface area (Å²) in [4.78, 5) is 22.9. The molecule has 0 saturated carbocycles. The molecule has 2 heterocycles. The summed E-state index contributed by atoms with van der Waals surface area (Å²) in [5, 5.41) is 14.7. The van der Waals surface area contributed by atoms with Gasteiger partial charge < -0.3 is 20.5 Å². The summed E-state index contributed by atoms with van der Waals surface area (Å²) in [6.45, 7) is 3.57. The molecular weight excluding hydrogens is 248 g/mol. The van der Waals surface area contributed by atoms with E-state index in [4.69, 9.17) is 9.84 Å². The molecule has 0 aliphatic carbocycles. The number of ether oxygens (including phenoxy) is 1. The summed E-state index contributed by atoms with van der Waals surface area (Å²) < 4.78 is 5.65. The zero-order valence-electron chi connectivity index (χ0n) is 11.4. The zero-order valence-corrected chi connectivity index (χ0v) is 11.4. The van der Waals surface area contributed by atoms with E-state index in [1.54, 1.807) is 13.8 Å². The third-order valence-electron chi connectivity index (χ3n) is 4.36. The molecule has 2 saturated heterocycles. The lowest BCUT2D eigenvalue weighted by Crippen LogP contribution is -2.49. The number of urea groups is 1. The summed E-state index contributed by atoms with van der Waals surface area (Å²) in [7, 11) is 0. The Kier molecular flexibility index (Phi) is 3.99. The predicted molar refractivity (Wildman–Crippen MR) is 68.9 cm³/mol. The van der Waals surface area contributed by atoms with Crippen LogP contribution in [-0.4, -0.2) is 41.9 Å². The summed E-state index contributed by atoms with van der Waals surface area (Å²) in [5.41, 5.74) is -0.914. The lowest BCUT2D eigenvalue weighted by Gasteiger charge is -2.25. The van der Waals surface area contributed by atoms with Crippen molar-refractivity contribution in [2.24, 2.45) is 5.41 Å². The van der Waals surface area contributed by atoms with Gasteiger partial charge in [0, 0.05) is 6.54 Å². The number of hydrogen-bond acceptors (Lipinski definition) is 3. The average molecular weight is 270 g/mol. The molecule has 108 valence electrons. The maximum Gasteiger partial charge on any atom is 0.315 e. The Morgan fingerprint density at radius 3 is 2.63 bits per heavy atom. The number of carboxylic acids is 1. The molecule has 3 N–H and O–H groups in total. The van der Waals surface area contributed by atoms with Crippen LogP contribution in [0.2, 0.25) is 0 Å². The van der Waals surface area contributed by atoms with Gasteiger partial charge in [0.2, 0.25) is 0 Å². The maximum absolute atomic E-state index is 11.8. The standard InChI is InChI=1S/C13H22N2O4/c1-3-13(2,11(16)17)7-14-12(18)15-9-6-8-4-5-10(9)19-8/h8-10H,3-7H2,1-2H3,(H,16,17)(H2,14,15,18). The Hall–Kier alpha value is -1.30. The van der Waals surface area contributed by atoms with Crippen LogP contribution in [0.4, 0.5) is 4.79 Å². The van der Waals surface area contributed by atoms with E-state index in [0.717, 1.165) is 19.3 Å². The van der Waals surface area contributed by atoms with E-state index >= 15 is 0 Å². The Bertz CT molecular complexity index is 374. The fourth-order valence-corrected chi connectivity index (χ4v) is 2.64. The van der Waals surface area contributed by atoms with E-state index in [9.17, 15) is 9.59 Å². The van der Waals surface area contributed by atoms with E-state index < -0.39 is 11.4 Å². The molecule has 2 aliphatic heterocycles. The van der Waals surface area contributed by atoms with Gasteiger partial charge in [-0.2, -0.15) is 0 Å². The molecule has 0 spiro atoms. The van der Waals surface area contributed by atoms with Crippen LogP contribution in [0.5, 0.6) is 0 Å². The summed E-state index contributed by atoms with van der Waals surface area (Å²) in [5.74, 6) is -0.890. The molecule has 0 radical (unpaired) electrons. The van der Waals surface area contributed by atoms with Crippen LogP contribution in [0.3, 0.4) is 0 Å². The van der Waals surface area contributed by atoms with Gasteiger partial charge in [-0.15, -0.1) is 0 Å².